The van der Waals surface area contributed by atoms with Gasteiger partial charge in [-0.2, -0.15) is 0 Å². The molecule has 84 valence electrons. The minimum absolute atomic E-state index is 0.327. The fourth-order valence-corrected chi connectivity index (χ4v) is 2.63. The van der Waals surface area contributed by atoms with Crippen LogP contribution in [0.15, 0.2) is 23.1 Å². The molecule has 1 N–H and O–H groups in total. The molecule has 0 bridgehead atoms. The van der Waals surface area contributed by atoms with Gasteiger partial charge in [0.25, 0.3) is 0 Å². The van der Waals surface area contributed by atoms with E-state index in [4.69, 9.17) is 0 Å². The van der Waals surface area contributed by atoms with E-state index in [1.165, 1.54) is 0 Å². The van der Waals surface area contributed by atoms with Crippen LogP contribution < -0.4 is 0 Å². The van der Waals surface area contributed by atoms with Gasteiger partial charge in [-0.1, -0.05) is 0 Å². The first-order valence-corrected chi connectivity index (χ1v) is 6.05. The lowest BCUT2D eigenvalue weighted by molar-refractivity contribution is -0.0499. The summed E-state index contributed by atoms with van der Waals surface area (Å²) < 4.78 is 2.99. The molecular weight excluding hydrogens is 270 g/mol. The van der Waals surface area contributed by atoms with Gasteiger partial charge in [-0.05, 0) is 41.8 Å². The van der Waals surface area contributed by atoms with Crippen LogP contribution >= 0.6 is 15.9 Å². The van der Waals surface area contributed by atoms with Gasteiger partial charge >= 0.3 is 0 Å². The van der Waals surface area contributed by atoms with E-state index in [1.807, 2.05) is 19.3 Å². The highest BCUT2D eigenvalue weighted by atomic mass is 79.9. The van der Waals surface area contributed by atoms with E-state index in [1.54, 1.807) is 6.20 Å². The Morgan fingerprint density at radius 3 is 2.94 bits per heavy atom. The molecule has 1 saturated carbocycles. The van der Waals surface area contributed by atoms with E-state index in [9.17, 15) is 5.11 Å². The summed E-state index contributed by atoms with van der Waals surface area (Å²) in [4.78, 5) is 8.68. The fraction of sp³-hybridized carbons (Fsp3) is 0.455. The van der Waals surface area contributed by atoms with Gasteiger partial charge in [0.15, 0.2) is 5.65 Å². The monoisotopic (exact) mass is 281 g/mol. The van der Waals surface area contributed by atoms with Gasteiger partial charge < -0.3 is 9.67 Å². The van der Waals surface area contributed by atoms with Crippen molar-refractivity contribution in [2.45, 2.75) is 31.4 Å². The first-order valence-electron chi connectivity index (χ1n) is 5.26. The predicted octanol–water partition coefficient (Wildman–Crippen LogP) is 2.28. The molecule has 0 atom stereocenters. The zero-order valence-electron chi connectivity index (χ0n) is 8.89. The minimum Gasteiger partial charge on any atom is -0.390 e. The zero-order chi connectivity index (χ0) is 11.3. The van der Waals surface area contributed by atoms with E-state index < -0.39 is 5.60 Å². The van der Waals surface area contributed by atoms with Crippen molar-refractivity contribution in [1.29, 1.82) is 0 Å². The maximum Gasteiger partial charge on any atom is 0.160 e. The van der Waals surface area contributed by atoms with Gasteiger partial charge in [-0.15, -0.1) is 0 Å². The van der Waals surface area contributed by atoms with Gasteiger partial charge in [0.1, 0.15) is 5.52 Å². The molecule has 0 aliphatic heterocycles. The number of fused-ring (bicyclic) bond motifs is 1. The standard InChI is InChI=1S/C11H12BrN3O/c1-11(16)3-8(4-11)15-6-14-9-2-7(12)5-13-10(9)15/h2,5-6,8,16H,3-4H2,1H3/t8-,11+. The lowest BCUT2D eigenvalue weighted by atomic mass is 9.77. The van der Waals surface area contributed by atoms with Crippen LogP contribution in [-0.4, -0.2) is 25.2 Å². The third-order valence-electron chi connectivity index (χ3n) is 3.12. The maximum atomic E-state index is 9.74. The Balaban J connectivity index is 2.00. The van der Waals surface area contributed by atoms with Crippen LogP contribution in [0, 0.1) is 0 Å². The summed E-state index contributed by atoms with van der Waals surface area (Å²) in [6.07, 6.45) is 5.13. The van der Waals surface area contributed by atoms with Crippen molar-refractivity contribution in [3.63, 3.8) is 0 Å². The molecule has 0 spiro atoms. The van der Waals surface area contributed by atoms with Crippen LogP contribution in [0.2, 0.25) is 0 Å². The fourth-order valence-electron chi connectivity index (χ4n) is 2.31. The summed E-state index contributed by atoms with van der Waals surface area (Å²) in [6.45, 7) is 1.87. The van der Waals surface area contributed by atoms with Crippen molar-refractivity contribution in [2.24, 2.45) is 0 Å². The van der Waals surface area contributed by atoms with Crippen LogP contribution in [0.4, 0.5) is 0 Å². The number of aromatic nitrogens is 3. The van der Waals surface area contributed by atoms with Crippen molar-refractivity contribution in [3.8, 4) is 0 Å². The smallest absolute Gasteiger partial charge is 0.160 e. The normalized spacial score (nSPS) is 29.3. The van der Waals surface area contributed by atoms with Gasteiger partial charge in [0.2, 0.25) is 0 Å². The van der Waals surface area contributed by atoms with Gasteiger partial charge in [-0.25, -0.2) is 9.97 Å². The highest BCUT2D eigenvalue weighted by Gasteiger charge is 2.39. The number of rotatable bonds is 1. The van der Waals surface area contributed by atoms with Gasteiger partial charge in [0, 0.05) is 16.7 Å². The van der Waals surface area contributed by atoms with Crippen molar-refractivity contribution in [3.05, 3.63) is 23.1 Å². The molecule has 0 unspecified atom stereocenters. The summed E-state index contributed by atoms with van der Waals surface area (Å²) >= 11 is 3.38. The molecule has 1 aliphatic carbocycles. The molecule has 4 nitrogen and oxygen atoms in total. The quantitative estimate of drug-likeness (QED) is 0.873. The first kappa shape index (κ1) is 10.2. The third-order valence-corrected chi connectivity index (χ3v) is 3.56. The Bertz CT molecular complexity index is 541. The molecule has 1 aliphatic rings. The van der Waals surface area contributed by atoms with Crippen LogP contribution in [0.1, 0.15) is 25.8 Å². The van der Waals surface area contributed by atoms with Crippen molar-refractivity contribution < 1.29 is 5.11 Å². The number of aliphatic hydroxyl groups is 1. The Kier molecular flexibility index (Phi) is 2.09. The highest BCUT2D eigenvalue weighted by Crippen LogP contribution is 2.41. The molecule has 3 rings (SSSR count). The largest absolute Gasteiger partial charge is 0.390 e. The number of nitrogens with zero attached hydrogens (tertiary/aromatic N) is 3. The van der Waals surface area contributed by atoms with Crippen LogP contribution in [0.5, 0.6) is 0 Å². The lowest BCUT2D eigenvalue weighted by Gasteiger charge is -2.41. The summed E-state index contributed by atoms with van der Waals surface area (Å²) in [5.74, 6) is 0. The van der Waals surface area contributed by atoms with Crippen LogP contribution in [0.3, 0.4) is 0 Å². The summed E-state index contributed by atoms with van der Waals surface area (Å²) in [7, 11) is 0. The molecule has 0 aromatic carbocycles. The van der Waals surface area contributed by atoms with Crippen molar-refractivity contribution >= 4 is 27.1 Å². The molecule has 2 aromatic rings. The van der Waals surface area contributed by atoms with E-state index >= 15 is 0 Å². The second-order valence-corrected chi connectivity index (χ2v) is 5.62. The van der Waals surface area contributed by atoms with Gasteiger partial charge in [-0.3, -0.25) is 0 Å². The highest BCUT2D eigenvalue weighted by molar-refractivity contribution is 9.10. The maximum absolute atomic E-state index is 9.74. The zero-order valence-corrected chi connectivity index (χ0v) is 10.5. The van der Waals surface area contributed by atoms with Crippen LogP contribution in [-0.2, 0) is 0 Å². The molecule has 16 heavy (non-hydrogen) atoms. The Morgan fingerprint density at radius 1 is 1.50 bits per heavy atom. The predicted molar refractivity (Wildman–Crippen MR) is 64.1 cm³/mol. The SMILES string of the molecule is C[C@]1(O)C[C@@H](n2cnc3cc(Br)cnc32)C1. The lowest BCUT2D eigenvalue weighted by Crippen LogP contribution is -2.41. The second kappa shape index (κ2) is 3.28. The van der Waals surface area contributed by atoms with E-state index in [0.717, 1.165) is 28.5 Å². The second-order valence-electron chi connectivity index (χ2n) is 4.71. The average molecular weight is 282 g/mol. The molecule has 0 amide bonds. The van der Waals surface area contributed by atoms with Gasteiger partial charge in [0.05, 0.1) is 11.9 Å². The van der Waals surface area contributed by atoms with Crippen LogP contribution in [0.25, 0.3) is 11.2 Å². The van der Waals surface area contributed by atoms with E-state index in [0.29, 0.717) is 6.04 Å². The summed E-state index contributed by atoms with van der Waals surface area (Å²) in [6, 6.07) is 2.28. The Morgan fingerprint density at radius 2 is 2.25 bits per heavy atom. The number of hydrogen-bond donors (Lipinski definition) is 1. The number of halogens is 1. The minimum atomic E-state index is -0.517. The molecule has 0 saturated heterocycles. The number of hydrogen-bond acceptors (Lipinski definition) is 3. The molecule has 2 heterocycles. The molecular formula is C11H12BrN3O. The number of pyridine rings is 1. The Labute approximate surface area is 101 Å². The molecule has 1 fully saturated rings. The van der Waals surface area contributed by atoms with Crippen molar-refractivity contribution in [2.75, 3.05) is 0 Å². The third kappa shape index (κ3) is 1.55. The van der Waals surface area contributed by atoms with E-state index in [2.05, 4.69) is 30.5 Å². The molecule has 5 heteroatoms. The topological polar surface area (TPSA) is 50.9 Å². The molecule has 0 radical (unpaired) electrons. The summed E-state index contributed by atoms with van der Waals surface area (Å²) in [5.41, 5.74) is 1.26. The van der Waals surface area contributed by atoms with E-state index in [-0.39, 0.29) is 0 Å². The average Bonchev–Trinajstić information content (AvgIpc) is 2.56. The first-order chi connectivity index (χ1) is 7.55. The molecule has 2 aromatic heterocycles. The number of imidazole rings is 1. The van der Waals surface area contributed by atoms with Crippen molar-refractivity contribution in [1.82, 2.24) is 14.5 Å². The Hall–Kier alpha value is -0.940. The summed E-state index contributed by atoms with van der Waals surface area (Å²) in [5, 5.41) is 9.74.